The Kier molecular flexibility index (Phi) is 20.5. The maximum atomic E-state index is 12.5. The number of phosphoric acid groups is 1. The Labute approximate surface area is 243 Å². The molecular weight excluding hydrogens is 529 g/mol. The maximum absolute atomic E-state index is 12.5. The van der Waals surface area contributed by atoms with Gasteiger partial charge in [-0.2, -0.15) is 0 Å². The van der Waals surface area contributed by atoms with Gasteiger partial charge in [0.15, 0.2) is 0 Å². The SMILES string of the molecule is CCCCCCCCCCCCCCCC(=O)O[C@@H](COCc1ccccc1)COP(=O)(O)OCC[N+](C)(C)C. The number of likely N-dealkylation sites (N-methyl/N-ethyl adjacent to an activating group) is 1. The second kappa shape index (κ2) is 22.3. The van der Waals surface area contributed by atoms with E-state index in [4.69, 9.17) is 18.5 Å². The van der Waals surface area contributed by atoms with Gasteiger partial charge >= 0.3 is 13.8 Å². The molecule has 1 aromatic carbocycles. The van der Waals surface area contributed by atoms with E-state index in [9.17, 15) is 14.3 Å². The van der Waals surface area contributed by atoms with Crippen LogP contribution in [0.25, 0.3) is 0 Å². The predicted octanol–water partition coefficient (Wildman–Crippen LogP) is 7.44. The first-order valence-electron chi connectivity index (χ1n) is 15.3. The zero-order valence-electron chi connectivity index (χ0n) is 25.7. The fourth-order valence-corrected chi connectivity index (χ4v) is 4.92. The molecule has 40 heavy (non-hydrogen) atoms. The van der Waals surface area contributed by atoms with Crippen molar-refractivity contribution >= 4 is 13.8 Å². The number of rotatable bonds is 26. The summed E-state index contributed by atoms with van der Waals surface area (Å²) in [4.78, 5) is 22.6. The second-order valence-electron chi connectivity index (χ2n) is 11.7. The summed E-state index contributed by atoms with van der Waals surface area (Å²) in [6.45, 7) is 2.98. The molecule has 1 rings (SSSR count). The topological polar surface area (TPSA) is 91.3 Å². The molecule has 0 aromatic heterocycles. The minimum Gasteiger partial charge on any atom is -0.457 e. The van der Waals surface area contributed by atoms with Gasteiger partial charge in [0.1, 0.15) is 19.3 Å². The Hall–Kier alpha value is -1.28. The van der Waals surface area contributed by atoms with Gasteiger partial charge in [-0.05, 0) is 12.0 Å². The number of benzene rings is 1. The van der Waals surface area contributed by atoms with E-state index in [-0.39, 0.29) is 25.8 Å². The molecule has 0 heterocycles. The summed E-state index contributed by atoms with van der Waals surface area (Å²) < 4.78 is 34.4. The third kappa shape index (κ3) is 22.4. The number of nitrogens with zero attached hydrogens (tertiary/aromatic N) is 1. The van der Waals surface area contributed by atoms with Gasteiger partial charge in [0.05, 0.1) is 41.0 Å². The molecule has 0 bridgehead atoms. The van der Waals surface area contributed by atoms with Gasteiger partial charge < -0.3 is 18.9 Å². The van der Waals surface area contributed by atoms with Crippen LogP contribution in [0, 0.1) is 0 Å². The molecule has 9 heteroatoms. The monoisotopic (exact) mass is 586 g/mol. The normalized spacial score (nSPS) is 14.1. The van der Waals surface area contributed by atoms with Crippen molar-refractivity contribution in [3.05, 3.63) is 35.9 Å². The number of ether oxygens (including phenoxy) is 2. The van der Waals surface area contributed by atoms with Crippen LogP contribution >= 0.6 is 7.82 Å². The van der Waals surface area contributed by atoms with E-state index in [1.54, 1.807) is 0 Å². The number of phosphoric ester groups is 1. The standard InChI is InChI=1S/C31H56NO7P/c1-5-6-7-8-9-10-11-12-13-14-15-16-20-23-31(33)39-30(27-36-26-29-21-18-17-19-22-29)28-38-40(34,35)37-25-24-32(2,3)4/h17-19,21-22,30H,5-16,20,23-28H2,1-4H3/p+1/t30-/m0/s1. The average molecular weight is 587 g/mol. The Morgan fingerprint density at radius 2 is 1.38 bits per heavy atom. The number of carbonyl (C=O) groups excluding carboxylic acids is 1. The van der Waals surface area contributed by atoms with E-state index in [2.05, 4.69) is 6.92 Å². The molecule has 1 aromatic rings. The van der Waals surface area contributed by atoms with Crippen molar-refractivity contribution in [3.63, 3.8) is 0 Å². The van der Waals surface area contributed by atoms with Crippen LogP contribution in [0.2, 0.25) is 0 Å². The lowest BCUT2D eigenvalue weighted by atomic mass is 10.0. The largest absolute Gasteiger partial charge is 0.472 e. The van der Waals surface area contributed by atoms with Gasteiger partial charge in [-0.15, -0.1) is 0 Å². The molecular formula is C31H57NO7P+. The molecule has 0 radical (unpaired) electrons. The van der Waals surface area contributed by atoms with Crippen molar-refractivity contribution in [2.24, 2.45) is 0 Å². The van der Waals surface area contributed by atoms with Crippen molar-refractivity contribution in [1.82, 2.24) is 0 Å². The number of carbonyl (C=O) groups is 1. The molecule has 0 spiro atoms. The summed E-state index contributed by atoms with van der Waals surface area (Å²) in [5, 5.41) is 0. The number of unbranched alkanes of at least 4 members (excludes halogenated alkanes) is 12. The lowest BCUT2D eigenvalue weighted by molar-refractivity contribution is -0.870. The van der Waals surface area contributed by atoms with Gasteiger partial charge in [0.25, 0.3) is 0 Å². The van der Waals surface area contributed by atoms with Crippen LogP contribution in [0.15, 0.2) is 30.3 Å². The van der Waals surface area contributed by atoms with Crippen LogP contribution in [0.5, 0.6) is 0 Å². The Morgan fingerprint density at radius 1 is 0.825 bits per heavy atom. The average Bonchev–Trinajstić information content (AvgIpc) is 2.89. The fourth-order valence-electron chi connectivity index (χ4n) is 4.18. The molecule has 0 aliphatic heterocycles. The third-order valence-corrected chi connectivity index (χ3v) is 7.62. The minimum absolute atomic E-state index is 0.0537. The van der Waals surface area contributed by atoms with Gasteiger partial charge in [-0.1, -0.05) is 114 Å². The second-order valence-corrected chi connectivity index (χ2v) is 13.2. The maximum Gasteiger partial charge on any atom is 0.472 e. The Bertz CT molecular complexity index is 801. The van der Waals surface area contributed by atoms with Gasteiger partial charge in [-0.25, -0.2) is 4.57 Å². The van der Waals surface area contributed by atoms with Crippen LogP contribution in [-0.4, -0.2) is 69.0 Å². The van der Waals surface area contributed by atoms with Crippen molar-refractivity contribution in [1.29, 1.82) is 0 Å². The zero-order chi connectivity index (χ0) is 29.5. The van der Waals surface area contributed by atoms with E-state index in [0.29, 0.717) is 24.1 Å². The van der Waals surface area contributed by atoms with Crippen LogP contribution in [0.3, 0.4) is 0 Å². The number of esters is 1. The van der Waals surface area contributed by atoms with Crippen LogP contribution < -0.4 is 0 Å². The van der Waals surface area contributed by atoms with Crippen molar-refractivity contribution in [2.45, 2.75) is 110 Å². The molecule has 0 aliphatic rings. The molecule has 1 N–H and O–H groups in total. The van der Waals surface area contributed by atoms with Crippen molar-refractivity contribution in [3.8, 4) is 0 Å². The number of quaternary nitrogens is 1. The molecule has 0 saturated heterocycles. The first-order chi connectivity index (χ1) is 19.1. The van der Waals surface area contributed by atoms with E-state index in [0.717, 1.165) is 24.8 Å². The molecule has 1 unspecified atom stereocenters. The first kappa shape index (κ1) is 36.7. The van der Waals surface area contributed by atoms with Crippen molar-refractivity contribution < 1.29 is 37.3 Å². The molecule has 0 aliphatic carbocycles. The highest BCUT2D eigenvalue weighted by molar-refractivity contribution is 7.47. The molecule has 0 amide bonds. The highest BCUT2D eigenvalue weighted by atomic mass is 31.2. The summed E-state index contributed by atoms with van der Waals surface area (Å²) in [7, 11) is 1.61. The van der Waals surface area contributed by atoms with E-state index < -0.39 is 13.9 Å². The molecule has 0 fully saturated rings. The predicted molar refractivity (Wildman–Crippen MR) is 161 cm³/mol. The number of hydrogen-bond acceptors (Lipinski definition) is 6. The highest BCUT2D eigenvalue weighted by Crippen LogP contribution is 2.43. The van der Waals surface area contributed by atoms with Gasteiger partial charge in [0, 0.05) is 6.42 Å². The Balaban J connectivity index is 2.31. The summed E-state index contributed by atoms with van der Waals surface area (Å²) in [6.07, 6.45) is 15.6. The Morgan fingerprint density at radius 3 is 1.93 bits per heavy atom. The summed E-state index contributed by atoms with van der Waals surface area (Å²) in [5.41, 5.74) is 0.983. The van der Waals surface area contributed by atoms with Crippen molar-refractivity contribution in [2.75, 3.05) is 47.5 Å². The van der Waals surface area contributed by atoms with Gasteiger partial charge in [-0.3, -0.25) is 13.8 Å². The molecule has 8 nitrogen and oxygen atoms in total. The summed E-state index contributed by atoms with van der Waals surface area (Å²) in [6, 6.07) is 9.65. The molecule has 232 valence electrons. The third-order valence-electron chi connectivity index (χ3n) is 6.64. The van der Waals surface area contributed by atoms with E-state index in [1.807, 2.05) is 51.5 Å². The van der Waals surface area contributed by atoms with Gasteiger partial charge in [0.2, 0.25) is 0 Å². The summed E-state index contributed by atoms with van der Waals surface area (Å²) in [5.74, 6) is -0.348. The molecule has 0 saturated carbocycles. The van der Waals surface area contributed by atoms with E-state index >= 15 is 0 Å². The fraction of sp³-hybridized carbons (Fsp3) is 0.774. The highest BCUT2D eigenvalue weighted by Gasteiger charge is 2.26. The minimum atomic E-state index is -4.27. The van der Waals surface area contributed by atoms with Crippen LogP contribution in [0.4, 0.5) is 0 Å². The van der Waals surface area contributed by atoms with Crippen LogP contribution in [-0.2, 0) is 34.5 Å². The quantitative estimate of drug-likeness (QED) is 0.0522. The first-order valence-corrected chi connectivity index (χ1v) is 16.8. The van der Waals surface area contributed by atoms with E-state index in [1.165, 1.54) is 64.2 Å². The zero-order valence-corrected chi connectivity index (χ0v) is 26.6. The summed E-state index contributed by atoms with van der Waals surface area (Å²) >= 11 is 0. The lowest BCUT2D eigenvalue weighted by Crippen LogP contribution is -2.37. The number of hydrogen-bond donors (Lipinski definition) is 1. The smallest absolute Gasteiger partial charge is 0.457 e. The lowest BCUT2D eigenvalue weighted by Gasteiger charge is -2.24. The van der Waals surface area contributed by atoms with Crippen LogP contribution in [0.1, 0.15) is 102 Å². The molecule has 2 atom stereocenters.